The minimum atomic E-state index is -0.118. The third-order valence-electron chi connectivity index (χ3n) is 5.80. The van der Waals surface area contributed by atoms with Crippen LogP contribution in [0.3, 0.4) is 0 Å². The Morgan fingerprint density at radius 3 is 2.52 bits per heavy atom. The molecule has 2 aromatic rings. The minimum Gasteiger partial charge on any atom is -0.347 e. The highest BCUT2D eigenvalue weighted by Crippen LogP contribution is 2.33. The number of likely N-dealkylation sites (tertiary alicyclic amines) is 1. The van der Waals surface area contributed by atoms with Crippen LogP contribution in [0.2, 0.25) is 0 Å². The molecular formula is C21H29N5O. The molecule has 144 valence electrons. The van der Waals surface area contributed by atoms with E-state index < -0.39 is 0 Å². The average Bonchev–Trinajstić information content (AvgIpc) is 3.22. The van der Waals surface area contributed by atoms with E-state index in [1.165, 1.54) is 11.1 Å². The van der Waals surface area contributed by atoms with Gasteiger partial charge in [-0.1, -0.05) is 31.2 Å². The summed E-state index contributed by atoms with van der Waals surface area (Å²) in [5.74, 6) is 2.48. The van der Waals surface area contributed by atoms with E-state index in [0.717, 1.165) is 44.8 Å². The van der Waals surface area contributed by atoms with Gasteiger partial charge in [-0.05, 0) is 43.2 Å². The largest absolute Gasteiger partial charge is 0.347 e. The average molecular weight is 367 g/mol. The Bertz CT molecular complexity index is 810. The van der Waals surface area contributed by atoms with Crippen LogP contribution in [0.4, 0.5) is 0 Å². The summed E-state index contributed by atoms with van der Waals surface area (Å²) in [5, 5.41) is 11.4. The van der Waals surface area contributed by atoms with Crippen LogP contribution >= 0.6 is 0 Å². The van der Waals surface area contributed by atoms with Crippen molar-refractivity contribution in [2.75, 3.05) is 13.1 Å². The molecule has 0 bridgehead atoms. The molecule has 0 radical (unpaired) electrons. The van der Waals surface area contributed by atoms with Gasteiger partial charge in [-0.25, -0.2) is 0 Å². The molecule has 6 heteroatoms. The first kappa shape index (κ1) is 18.2. The van der Waals surface area contributed by atoms with E-state index in [9.17, 15) is 4.79 Å². The van der Waals surface area contributed by atoms with Crippen LogP contribution in [-0.4, -0.2) is 44.7 Å². The van der Waals surface area contributed by atoms with E-state index in [4.69, 9.17) is 0 Å². The molecule has 1 N–H and O–H groups in total. The molecule has 1 aromatic heterocycles. The van der Waals surface area contributed by atoms with E-state index in [2.05, 4.69) is 51.6 Å². The summed E-state index contributed by atoms with van der Waals surface area (Å²) in [4.78, 5) is 14.9. The zero-order valence-corrected chi connectivity index (χ0v) is 16.5. The fraction of sp³-hybridized carbons (Fsp3) is 0.571. The summed E-state index contributed by atoms with van der Waals surface area (Å²) in [6.45, 7) is 10.1. The number of rotatable bonds is 5. The van der Waals surface area contributed by atoms with Gasteiger partial charge in [0.25, 0.3) is 5.91 Å². The molecule has 0 saturated carbocycles. The maximum absolute atomic E-state index is 12.4. The molecule has 0 unspecified atom stereocenters. The lowest BCUT2D eigenvalue weighted by Gasteiger charge is -2.25. The van der Waals surface area contributed by atoms with Crippen LogP contribution < -0.4 is 5.32 Å². The van der Waals surface area contributed by atoms with Crippen molar-refractivity contribution in [3.8, 4) is 0 Å². The lowest BCUT2D eigenvalue weighted by atomic mass is 9.89. The lowest BCUT2D eigenvalue weighted by molar-refractivity contribution is 0.0924. The topological polar surface area (TPSA) is 63.1 Å². The highest BCUT2D eigenvalue weighted by molar-refractivity contribution is 5.90. The van der Waals surface area contributed by atoms with Crippen molar-refractivity contribution >= 4 is 5.91 Å². The number of aryl methyl sites for hydroxylation is 1. The van der Waals surface area contributed by atoms with Crippen LogP contribution in [0.5, 0.6) is 0 Å². The molecule has 1 amide bonds. The van der Waals surface area contributed by atoms with Crippen LogP contribution in [0.15, 0.2) is 24.3 Å². The summed E-state index contributed by atoms with van der Waals surface area (Å²) in [6, 6.07) is 9.08. The van der Waals surface area contributed by atoms with Gasteiger partial charge >= 0.3 is 0 Å². The second kappa shape index (κ2) is 7.43. The van der Waals surface area contributed by atoms with Gasteiger partial charge < -0.3 is 9.88 Å². The van der Waals surface area contributed by atoms with Crippen LogP contribution in [0.25, 0.3) is 0 Å². The number of nitrogens with zero attached hydrogens (tertiary/aromatic N) is 4. The maximum atomic E-state index is 12.4. The first-order chi connectivity index (χ1) is 13.0. The molecule has 2 aliphatic heterocycles. The van der Waals surface area contributed by atoms with Gasteiger partial charge in [0.05, 0.1) is 0 Å². The van der Waals surface area contributed by atoms with Crippen molar-refractivity contribution < 1.29 is 4.79 Å². The summed E-state index contributed by atoms with van der Waals surface area (Å²) < 4.78 is 2.04. The summed E-state index contributed by atoms with van der Waals surface area (Å²) in [6.07, 6.45) is 2.00. The van der Waals surface area contributed by atoms with E-state index in [1.807, 2.05) is 18.4 Å². The summed E-state index contributed by atoms with van der Waals surface area (Å²) in [5.41, 5.74) is 2.77. The Morgan fingerprint density at radius 2 is 1.81 bits per heavy atom. The van der Waals surface area contributed by atoms with E-state index in [1.54, 1.807) is 0 Å². The van der Waals surface area contributed by atoms with Gasteiger partial charge in [0.1, 0.15) is 5.82 Å². The van der Waals surface area contributed by atoms with Crippen molar-refractivity contribution in [2.45, 2.75) is 52.7 Å². The number of hydrogen-bond donors (Lipinski definition) is 1. The summed E-state index contributed by atoms with van der Waals surface area (Å²) >= 11 is 0. The van der Waals surface area contributed by atoms with E-state index in [-0.39, 0.29) is 11.9 Å². The van der Waals surface area contributed by atoms with Gasteiger partial charge in [-0.2, -0.15) is 0 Å². The molecule has 3 heterocycles. The monoisotopic (exact) mass is 367 g/mol. The number of hydrogen-bond acceptors (Lipinski definition) is 4. The van der Waals surface area contributed by atoms with Crippen molar-refractivity contribution in [1.82, 2.24) is 25.0 Å². The molecule has 1 fully saturated rings. The smallest absolute Gasteiger partial charge is 0.289 e. The Balaban J connectivity index is 1.42. The molecule has 1 saturated heterocycles. The van der Waals surface area contributed by atoms with E-state index in [0.29, 0.717) is 17.7 Å². The first-order valence-corrected chi connectivity index (χ1v) is 10.1. The Morgan fingerprint density at radius 1 is 1.11 bits per heavy atom. The number of carbonyl (C=O) groups is 1. The number of aromatic nitrogens is 3. The molecule has 2 aliphatic rings. The number of carbonyl (C=O) groups excluding carboxylic acids is 1. The number of fused-ring (bicyclic) bond motifs is 2. The van der Waals surface area contributed by atoms with Gasteiger partial charge in [-0.3, -0.25) is 9.69 Å². The quantitative estimate of drug-likeness (QED) is 0.881. The first-order valence-electron chi connectivity index (χ1n) is 10.1. The third-order valence-corrected chi connectivity index (χ3v) is 5.80. The lowest BCUT2D eigenvalue weighted by Crippen LogP contribution is -2.35. The highest BCUT2D eigenvalue weighted by atomic mass is 16.2. The molecular weight excluding hydrogens is 338 g/mol. The normalized spacial score (nSPS) is 21.9. The van der Waals surface area contributed by atoms with Gasteiger partial charge in [0, 0.05) is 38.6 Å². The Labute approximate surface area is 161 Å². The molecule has 6 nitrogen and oxygen atoms in total. The van der Waals surface area contributed by atoms with E-state index >= 15 is 0 Å². The van der Waals surface area contributed by atoms with Crippen molar-refractivity contribution in [2.24, 2.45) is 11.8 Å². The molecule has 0 spiro atoms. The van der Waals surface area contributed by atoms with Gasteiger partial charge in [-0.15, -0.1) is 10.2 Å². The van der Waals surface area contributed by atoms with Crippen LogP contribution in [0.1, 0.15) is 48.3 Å². The SMILES string of the molecule is CCc1ccc(CN2C[C@@H]3Cn4c(nnc4C(=O)NC(C)C)C[C@H]3C2)cc1. The Hall–Kier alpha value is -2.21. The maximum Gasteiger partial charge on any atom is 0.289 e. The van der Waals surface area contributed by atoms with Crippen LogP contribution in [0, 0.1) is 11.8 Å². The molecule has 1 aromatic carbocycles. The van der Waals surface area contributed by atoms with Gasteiger partial charge in [0.2, 0.25) is 5.82 Å². The molecule has 27 heavy (non-hydrogen) atoms. The number of amides is 1. The van der Waals surface area contributed by atoms with Crippen molar-refractivity contribution in [3.05, 3.63) is 47.0 Å². The van der Waals surface area contributed by atoms with Crippen molar-refractivity contribution in [1.29, 1.82) is 0 Å². The summed E-state index contributed by atoms with van der Waals surface area (Å²) in [7, 11) is 0. The zero-order chi connectivity index (χ0) is 19.0. The predicted octanol–water partition coefficient (Wildman–Crippen LogP) is 2.28. The minimum absolute atomic E-state index is 0.0999. The second-order valence-corrected chi connectivity index (χ2v) is 8.27. The Kier molecular flexibility index (Phi) is 5.00. The molecule has 4 rings (SSSR count). The number of benzene rings is 1. The van der Waals surface area contributed by atoms with Gasteiger partial charge in [0.15, 0.2) is 0 Å². The van der Waals surface area contributed by atoms with Crippen molar-refractivity contribution in [3.63, 3.8) is 0 Å². The predicted molar refractivity (Wildman–Crippen MR) is 104 cm³/mol. The van der Waals surface area contributed by atoms with Crippen LogP contribution in [-0.2, 0) is 25.9 Å². The number of nitrogens with one attached hydrogen (secondary N) is 1. The fourth-order valence-corrected chi connectivity index (χ4v) is 4.38. The second-order valence-electron chi connectivity index (χ2n) is 8.27. The zero-order valence-electron chi connectivity index (χ0n) is 16.5. The fourth-order valence-electron chi connectivity index (χ4n) is 4.38. The molecule has 2 atom stereocenters. The molecule has 0 aliphatic carbocycles. The highest BCUT2D eigenvalue weighted by Gasteiger charge is 2.39. The standard InChI is InChI=1S/C21H29N5O/c1-4-15-5-7-16(8-6-15)10-25-11-17-9-19-23-24-20(21(27)22-14(2)3)26(19)13-18(17)12-25/h5-8,14,17-18H,4,9-13H2,1-3H3,(H,22,27)/t17-,18+/m0/s1. The third kappa shape index (κ3) is 3.76.